The maximum absolute atomic E-state index is 13.7. The molecule has 0 saturated heterocycles. The molecule has 0 unspecified atom stereocenters. The first kappa shape index (κ1) is 15.9. The molecule has 4 aromatic rings. The Balaban J connectivity index is 2.05. The standard InChI is InChI=1S/C19H13FN4O2/c20-14-3-1-4-15(11-14)24-17-16(5-2-8-22-17)18(25)23(19(24)26)12-13-6-9-21-10-7-13/h1-11H,12H2. The van der Waals surface area contributed by atoms with E-state index in [1.807, 2.05) is 0 Å². The lowest BCUT2D eigenvalue weighted by Gasteiger charge is -2.13. The number of benzene rings is 1. The maximum atomic E-state index is 13.7. The van der Waals surface area contributed by atoms with Gasteiger partial charge in [0.15, 0.2) is 5.65 Å². The highest BCUT2D eigenvalue weighted by Gasteiger charge is 2.15. The zero-order chi connectivity index (χ0) is 18.1. The molecular weight excluding hydrogens is 335 g/mol. The lowest BCUT2D eigenvalue weighted by Crippen LogP contribution is -2.40. The van der Waals surface area contributed by atoms with Crippen LogP contribution in [0.5, 0.6) is 0 Å². The Bertz CT molecular complexity index is 1220. The SMILES string of the molecule is O=c1c2cccnc2n(-c2cccc(F)c2)c(=O)n1Cc1ccncc1. The zero-order valence-electron chi connectivity index (χ0n) is 13.5. The summed E-state index contributed by atoms with van der Waals surface area (Å²) in [6.07, 6.45) is 4.67. The molecule has 0 spiro atoms. The lowest BCUT2D eigenvalue weighted by atomic mass is 10.2. The molecule has 0 bridgehead atoms. The summed E-state index contributed by atoms with van der Waals surface area (Å²) in [5, 5.41) is 0.283. The summed E-state index contributed by atoms with van der Waals surface area (Å²) >= 11 is 0. The molecule has 128 valence electrons. The number of nitrogens with zero attached hydrogens (tertiary/aromatic N) is 4. The Morgan fingerprint density at radius 3 is 2.54 bits per heavy atom. The highest BCUT2D eigenvalue weighted by atomic mass is 19.1. The summed E-state index contributed by atoms with van der Waals surface area (Å²) < 4.78 is 16.1. The number of aromatic nitrogens is 4. The van der Waals surface area contributed by atoms with E-state index in [1.165, 1.54) is 29.0 Å². The lowest BCUT2D eigenvalue weighted by molar-refractivity contribution is 0.624. The Hall–Kier alpha value is -3.61. The number of rotatable bonds is 3. The van der Waals surface area contributed by atoms with Gasteiger partial charge in [0.25, 0.3) is 5.56 Å². The monoisotopic (exact) mass is 348 g/mol. The van der Waals surface area contributed by atoms with Crippen LogP contribution in [0.3, 0.4) is 0 Å². The fourth-order valence-electron chi connectivity index (χ4n) is 2.84. The normalized spacial score (nSPS) is 11.0. The smallest absolute Gasteiger partial charge is 0.268 e. The summed E-state index contributed by atoms with van der Waals surface area (Å²) in [6.45, 7) is 0.0837. The molecule has 6 nitrogen and oxygen atoms in total. The predicted molar refractivity (Wildman–Crippen MR) is 94.9 cm³/mol. The van der Waals surface area contributed by atoms with E-state index < -0.39 is 17.1 Å². The van der Waals surface area contributed by atoms with Gasteiger partial charge in [0.2, 0.25) is 0 Å². The van der Waals surface area contributed by atoms with Gasteiger partial charge in [0.05, 0.1) is 17.6 Å². The van der Waals surface area contributed by atoms with E-state index in [0.29, 0.717) is 5.69 Å². The van der Waals surface area contributed by atoms with Crippen LogP contribution in [0.4, 0.5) is 4.39 Å². The summed E-state index contributed by atoms with van der Waals surface area (Å²) in [6, 6.07) is 12.3. The maximum Gasteiger partial charge on any atom is 0.337 e. The van der Waals surface area contributed by atoms with Crippen molar-refractivity contribution in [2.24, 2.45) is 0 Å². The molecule has 4 rings (SSSR count). The van der Waals surface area contributed by atoms with Crippen molar-refractivity contribution in [3.8, 4) is 5.69 Å². The fraction of sp³-hybridized carbons (Fsp3) is 0.0526. The van der Waals surface area contributed by atoms with E-state index >= 15 is 0 Å². The van der Waals surface area contributed by atoms with Crippen molar-refractivity contribution in [2.45, 2.75) is 6.54 Å². The Kier molecular flexibility index (Phi) is 3.89. The third-order valence-corrected chi connectivity index (χ3v) is 4.05. The molecular formula is C19H13FN4O2. The van der Waals surface area contributed by atoms with Gasteiger partial charge in [-0.05, 0) is 48.0 Å². The van der Waals surface area contributed by atoms with Gasteiger partial charge in [0, 0.05) is 18.6 Å². The average Bonchev–Trinajstić information content (AvgIpc) is 2.66. The van der Waals surface area contributed by atoms with Gasteiger partial charge in [-0.25, -0.2) is 18.7 Å². The second-order valence-corrected chi connectivity index (χ2v) is 5.72. The van der Waals surface area contributed by atoms with Gasteiger partial charge in [-0.3, -0.25) is 14.3 Å². The first-order valence-corrected chi connectivity index (χ1v) is 7.90. The molecule has 1 aromatic carbocycles. The Morgan fingerprint density at radius 2 is 1.77 bits per heavy atom. The van der Waals surface area contributed by atoms with Crippen LogP contribution in [0.15, 0.2) is 76.7 Å². The van der Waals surface area contributed by atoms with Gasteiger partial charge >= 0.3 is 5.69 Å². The van der Waals surface area contributed by atoms with Crippen molar-refractivity contribution in [1.82, 2.24) is 19.1 Å². The topological polar surface area (TPSA) is 69.8 Å². The quantitative estimate of drug-likeness (QED) is 0.569. The molecule has 0 amide bonds. The van der Waals surface area contributed by atoms with Gasteiger partial charge in [-0.2, -0.15) is 0 Å². The van der Waals surface area contributed by atoms with E-state index in [2.05, 4.69) is 9.97 Å². The number of hydrogen-bond acceptors (Lipinski definition) is 4. The molecule has 7 heteroatoms. The van der Waals surface area contributed by atoms with Gasteiger partial charge < -0.3 is 0 Å². The van der Waals surface area contributed by atoms with E-state index in [0.717, 1.165) is 10.1 Å². The minimum Gasteiger partial charge on any atom is -0.268 e. The highest BCUT2D eigenvalue weighted by Crippen LogP contribution is 2.13. The molecule has 3 aromatic heterocycles. The second-order valence-electron chi connectivity index (χ2n) is 5.72. The van der Waals surface area contributed by atoms with Crippen LogP contribution in [0.1, 0.15) is 5.56 Å². The van der Waals surface area contributed by atoms with Crippen molar-refractivity contribution in [2.75, 3.05) is 0 Å². The first-order chi connectivity index (χ1) is 12.6. The van der Waals surface area contributed by atoms with Gasteiger partial charge in [-0.15, -0.1) is 0 Å². The van der Waals surface area contributed by atoms with Gasteiger partial charge in [0.1, 0.15) is 5.82 Å². The largest absolute Gasteiger partial charge is 0.337 e. The highest BCUT2D eigenvalue weighted by molar-refractivity contribution is 5.75. The van der Waals surface area contributed by atoms with E-state index in [-0.39, 0.29) is 17.6 Å². The zero-order valence-corrected chi connectivity index (χ0v) is 13.5. The van der Waals surface area contributed by atoms with Crippen LogP contribution in [-0.2, 0) is 6.54 Å². The van der Waals surface area contributed by atoms with Crippen LogP contribution >= 0.6 is 0 Å². The number of hydrogen-bond donors (Lipinski definition) is 0. The van der Waals surface area contributed by atoms with Crippen molar-refractivity contribution in [3.05, 3.63) is 99.3 Å². The van der Waals surface area contributed by atoms with E-state index in [4.69, 9.17) is 0 Å². The number of halogens is 1. The molecule has 0 atom stereocenters. The van der Waals surface area contributed by atoms with E-state index in [1.54, 1.807) is 42.7 Å². The molecule has 0 aliphatic heterocycles. The number of pyridine rings is 2. The molecule has 3 heterocycles. The summed E-state index contributed by atoms with van der Waals surface area (Å²) in [7, 11) is 0. The van der Waals surface area contributed by atoms with Crippen molar-refractivity contribution >= 4 is 11.0 Å². The molecule has 0 aliphatic carbocycles. The van der Waals surface area contributed by atoms with Crippen LogP contribution in [0.2, 0.25) is 0 Å². The van der Waals surface area contributed by atoms with Crippen LogP contribution in [0, 0.1) is 5.82 Å². The molecule has 0 aliphatic rings. The molecule has 0 radical (unpaired) electrons. The minimum absolute atomic E-state index is 0.0837. The summed E-state index contributed by atoms with van der Waals surface area (Å²) in [5.74, 6) is -0.481. The molecule has 26 heavy (non-hydrogen) atoms. The van der Waals surface area contributed by atoms with Crippen molar-refractivity contribution < 1.29 is 4.39 Å². The average molecular weight is 348 g/mol. The predicted octanol–water partition coefficient (Wildman–Crippen LogP) is 2.13. The van der Waals surface area contributed by atoms with Crippen LogP contribution in [0.25, 0.3) is 16.7 Å². The fourth-order valence-corrected chi connectivity index (χ4v) is 2.84. The molecule has 0 fully saturated rings. The van der Waals surface area contributed by atoms with E-state index in [9.17, 15) is 14.0 Å². The van der Waals surface area contributed by atoms with Gasteiger partial charge in [-0.1, -0.05) is 6.07 Å². The first-order valence-electron chi connectivity index (χ1n) is 7.90. The van der Waals surface area contributed by atoms with Crippen LogP contribution in [-0.4, -0.2) is 19.1 Å². The molecule has 0 saturated carbocycles. The van der Waals surface area contributed by atoms with Crippen molar-refractivity contribution in [3.63, 3.8) is 0 Å². The second kappa shape index (κ2) is 6.36. The van der Waals surface area contributed by atoms with Crippen molar-refractivity contribution in [1.29, 1.82) is 0 Å². The Labute approximate surface area is 146 Å². The number of fused-ring (bicyclic) bond motifs is 1. The summed E-state index contributed by atoms with van der Waals surface area (Å²) in [5.41, 5.74) is 0.237. The molecule has 0 N–H and O–H groups in total. The van der Waals surface area contributed by atoms with Crippen LogP contribution < -0.4 is 11.2 Å². The Morgan fingerprint density at radius 1 is 0.962 bits per heavy atom. The third-order valence-electron chi connectivity index (χ3n) is 4.05. The third kappa shape index (κ3) is 2.69. The summed E-state index contributed by atoms with van der Waals surface area (Å²) in [4.78, 5) is 34.0. The minimum atomic E-state index is -0.580.